The van der Waals surface area contributed by atoms with Gasteiger partial charge in [-0.3, -0.25) is 4.79 Å². The van der Waals surface area contributed by atoms with Crippen LogP contribution in [-0.4, -0.2) is 17.0 Å². The molecule has 0 amide bonds. The van der Waals surface area contributed by atoms with Crippen LogP contribution < -0.4 is 0 Å². The van der Waals surface area contributed by atoms with E-state index >= 15 is 0 Å². The Morgan fingerprint density at radius 2 is 1.66 bits per heavy atom. The molecule has 5 aliphatic rings. The van der Waals surface area contributed by atoms with Crippen molar-refractivity contribution in [3.8, 4) is 6.07 Å². The van der Waals surface area contributed by atoms with Gasteiger partial charge in [0.25, 0.3) is 0 Å². The van der Waals surface area contributed by atoms with Gasteiger partial charge in [-0.15, -0.1) is 6.58 Å². The fourth-order valence-electron chi connectivity index (χ4n) is 10.9. The van der Waals surface area contributed by atoms with Crippen molar-refractivity contribution in [2.45, 2.75) is 106 Å². The summed E-state index contributed by atoms with van der Waals surface area (Å²) in [6.45, 7) is 20.6. The summed E-state index contributed by atoms with van der Waals surface area (Å²) in [7, 11) is 0. The molecule has 3 nitrogen and oxygen atoms in total. The normalized spacial score (nSPS) is 52.0. The third-order valence-corrected chi connectivity index (χ3v) is 13.2. The first kappa shape index (κ1) is 25.3. The lowest BCUT2D eigenvalue weighted by Crippen LogP contribution is -2.68. The highest BCUT2D eigenvalue weighted by Crippen LogP contribution is 2.76. The molecule has 1 unspecified atom stereocenters. The quantitative estimate of drug-likeness (QED) is 0.404. The summed E-state index contributed by atoms with van der Waals surface area (Å²) >= 11 is 0. The molecule has 35 heavy (non-hydrogen) atoms. The number of carbonyl (C=O) groups excluding carboxylic acids is 1. The van der Waals surface area contributed by atoms with Crippen molar-refractivity contribution in [3.63, 3.8) is 0 Å². The molecule has 192 valence electrons. The topological polar surface area (TPSA) is 61.1 Å². The van der Waals surface area contributed by atoms with E-state index in [-0.39, 0.29) is 50.2 Å². The highest BCUT2D eigenvalue weighted by atomic mass is 16.3. The van der Waals surface area contributed by atoms with E-state index in [1.54, 1.807) is 0 Å². The number of rotatable bonds is 1. The summed E-state index contributed by atoms with van der Waals surface area (Å²) in [6, 6.07) is 2.33. The van der Waals surface area contributed by atoms with Gasteiger partial charge in [0.15, 0.2) is 0 Å². The van der Waals surface area contributed by atoms with E-state index in [1.165, 1.54) is 6.42 Å². The van der Waals surface area contributed by atoms with E-state index in [9.17, 15) is 15.2 Å². The first-order valence-corrected chi connectivity index (χ1v) is 14.1. The predicted molar refractivity (Wildman–Crippen MR) is 140 cm³/mol. The molecule has 0 bridgehead atoms. The van der Waals surface area contributed by atoms with E-state index < -0.39 is 6.10 Å². The number of aliphatic hydroxyl groups excluding tert-OH is 1. The highest BCUT2D eigenvalue weighted by molar-refractivity contribution is 5.84. The van der Waals surface area contributed by atoms with Gasteiger partial charge in [0, 0.05) is 12.3 Å². The number of Topliss-reactive ketones (excluding diaryl/α,β-unsaturated/α-hetero) is 1. The van der Waals surface area contributed by atoms with Gasteiger partial charge in [-0.2, -0.15) is 5.26 Å². The SMILES string of the molecule is C=C[C@]12CCC(C)(C)C[C@H]1[C@H]1C(=O)C[C@@H]3[C@@]4(C)C=C(C#N)C(O)C(C)(C)[C@@H]4CC[C@@]3(C)[C@]1(C)CC2. The van der Waals surface area contributed by atoms with Gasteiger partial charge in [-0.25, -0.2) is 0 Å². The second kappa shape index (κ2) is 7.34. The van der Waals surface area contributed by atoms with E-state index in [4.69, 9.17) is 0 Å². The van der Waals surface area contributed by atoms with Crippen LogP contribution in [0.15, 0.2) is 24.3 Å². The standard InChI is InChI=1S/C32H47NO2/c1-9-32-14-12-27(2,3)18-21(32)25-22(34)16-24-29(6)17-20(19-33)26(35)28(4,5)23(29)10-11-30(24,7)31(25,8)13-15-32/h9,17,21,23-26,35H,1,10-16,18H2,2-8H3/t21-,23-,24+,25-,26?,29-,30+,31+,32+/m0/s1. The zero-order chi connectivity index (χ0) is 25.8. The second-order valence-corrected chi connectivity index (χ2v) is 15.3. The largest absolute Gasteiger partial charge is 0.387 e. The second-order valence-electron chi connectivity index (χ2n) is 15.3. The van der Waals surface area contributed by atoms with E-state index in [2.05, 4.69) is 73.3 Å². The van der Waals surface area contributed by atoms with E-state index in [0.717, 1.165) is 38.5 Å². The molecule has 0 heterocycles. The Morgan fingerprint density at radius 3 is 2.29 bits per heavy atom. The molecule has 0 aromatic carbocycles. The average Bonchev–Trinajstić information content (AvgIpc) is 2.77. The maximum absolute atomic E-state index is 14.4. The molecule has 0 spiro atoms. The number of nitrogens with zero attached hydrogens (tertiary/aromatic N) is 1. The van der Waals surface area contributed by atoms with Gasteiger partial charge in [0.1, 0.15) is 5.78 Å². The highest BCUT2D eigenvalue weighted by Gasteiger charge is 2.71. The third kappa shape index (κ3) is 3.02. The van der Waals surface area contributed by atoms with E-state index in [1.807, 2.05) is 0 Å². The molecular weight excluding hydrogens is 430 g/mol. The molecule has 0 aliphatic heterocycles. The lowest BCUT2D eigenvalue weighted by molar-refractivity contribution is -0.222. The number of allylic oxidation sites excluding steroid dienone is 2. The van der Waals surface area contributed by atoms with Crippen LogP contribution in [-0.2, 0) is 4.79 Å². The number of carbonyl (C=O) groups is 1. The summed E-state index contributed by atoms with van der Waals surface area (Å²) in [5.41, 5.74) is 0.210. The monoisotopic (exact) mass is 477 g/mol. The van der Waals surface area contributed by atoms with E-state index in [0.29, 0.717) is 23.7 Å². The van der Waals surface area contributed by atoms with Crippen LogP contribution in [0, 0.1) is 67.5 Å². The number of fused-ring (bicyclic) bond motifs is 7. The summed E-state index contributed by atoms with van der Waals surface area (Å²) < 4.78 is 0. The Balaban J connectivity index is 1.63. The molecule has 5 aliphatic carbocycles. The zero-order valence-electron chi connectivity index (χ0n) is 23.2. The van der Waals surface area contributed by atoms with Gasteiger partial charge < -0.3 is 5.11 Å². The third-order valence-electron chi connectivity index (χ3n) is 13.2. The van der Waals surface area contributed by atoms with Crippen molar-refractivity contribution >= 4 is 5.78 Å². The average molecular weight is 478 g/mol. The Morgan fingerprint density at radius 1 is 1.00 bits per heavy atom. The smallest absolute Gasteiger partial charge is 0.137 e. The van der Waals surface area contributed by atoms with Gasteiger partial charge >= 0.3 is 0 Å². The van der Waals surface area contributed by atoms with Crippen molar-refractivity contribution in [1.29, 1.82) is 5.26 Å². The summed E-state index contributed by atoms with van der Waals surface area (Å²) in [5, 5.41) is 21.0. The molecule has 9 atom stereocenters. The number of hydrogen-bond donors (Lipinski definition) is 1. The van der Waals surface area contributed by atoms with Crippen LogP contribution in [0.2, 0.25) is 0 Å². The Labute approximate surface area is 213 Å². The summed E-state index contributed by atoms with van der Waals surface area (Å²) in [4.78, 5) is 14.4. The van der Waals surface area contributed by atoms with Gasteiger partial charge in [-0.05, 0) is 95.2 Å². The molecule has 3 heteroatoms. The number of aliphatic hydroxyl groups is 1. The fraction of sp³-hybridized carbons (Fsp3) is 0.812. The number of ketones is 1. The maximum Gasteiger partial charge on any atom is 0.137 e. The molecule has 1 N–H and O–H groups in total. The van der Waals surface area contributed by atoms with Crippen molar-refractivity contribution in [2.75, 3.05) is 0 Å². The molecule has 4 fully saturated rings. The number of nitriles is 1. The molecule has 0 aromatic rings. The van der Waals surface area contributed by atoms with Crippen molar-refractivity contribution in [1.82, 2.24) is 0 Å². The van der Waals surface area contributed by atoms with Gasteiger partial charge in [0.2, 0.25) is 0 Å². The molecular formula is C32H47NO2. The van der Waals surface area contributed by atoms with Crippen LogP contribution in [0.25, 0.3) is 0 Å². The molecule has 0 radical (unpaired) electrons. The van der Waals surface area contributed by atoms with Crippen LogP contribution in [0.3, 0.4) is 0 Å². The molecule has 5 rings (SSSR count). The number of hydrogen-bond acceptors (Lipinski definition) is 3. The van der Waals surface area contributed by atoms with Crippen molar-refractivity contribution < 1.29 is 9.90 Å². The van der Waals surface area contributed by atoms with Crippen LogP contribution in [0.5, 0.6) is 0 Å². The zero-order valence-corrected chi connectivity index (χ0v) is 23.2. The maximum atomic E-state index is 14.4. The minimum absolute atomic E-state index is 0.0290. The lowest BCUT2D eigenvalue weighted by atomic mass is 9.31. The Bertz CT molecular complexity index is 1030. The first-order valence-electron chi connectivity index (χ1n) is 14.1. The Kier molecular flexibility index (Phi) is 5.30. The van der Waals surface area contributed by atoms with Gasteiger partial charge in [-0.1, -0.05) is 60.6 Å². The molecule has 0 saturated heterocycles. The van der Waals surface area contributed by atoms with Crippen molar-refractivity contribution in [2.24, 2.45) is 56.2 Å². The fourth-order valence-corrected chi connectivity index (χ4v) is 10.9. The summed E-state index contributed by atoms with van der Waals surface area (Å²) in [6.07, 6.45) is 12.1. The minimum atomic E-state index is -0.732. The van der Waals surface area contributed by atoms with Crippen LogP contribution >= 0.6 is 0 Å². The van der Waals surface area contributed by atoms with Crippen LogP contribution in [0.4, 0.5) is 0 Å². The first-order chi connectivity index (χ1) is 16.1. The van der Waals surface area contributed by atoms with Crippen LogP contribution in [0.1, 0.15) is 99.8 Å². The summed E-state index contributed by atoms with van der Waals surface area (Å²) in [5.74, 6) is 1.40. The lowest BCUT2D eigenvalue weighted by Gasteiger charge is -2.72. The molecule has 4 saturated carbocycles. The Hall–Kier alpha value is -1.40. The van der Waals surface area contributed by atoms with Crippen molar-refractivity contribution in [3.05, 3.63) is 24.3 Å². The van der Waals surface area contributed by atoms with Gasteiger partial charge in [0.05, 0.1) is 17.7 Å². The minimum Gasteiger partial charge on any atom is -0.387 e. The molecule has 0 aromatic heterocycles. The predicted octanol–water partition coefficient (Wildman–Crippen LogP) is 7.26.